The van der Waals surface area contributed by atoms with Crippen LogP contribution in [0, 0.1) is 10.1 Å². The van der Waals surface area contributed by atoms with E-state index in [0.29, 0.717) is 6.54 Å². The zero-order chi connectivity index (χ0) is 20.4. The zero-order valence-electron chi connectivity index (χ0n) is 16.2. The van der Waals surface area contributed by atoms with Crippen LogP contribution in [0.2, 0.25) is 0 Å². The molecule has 29 heavy (non-hydrogen) atoms. The highest BCUT2D eigenvalue weighted by molar-refractivity contribution is 9.10. The SMILES string of the molecule is Cn1cncc1CN1CC[C@@H](c2ccccc2Br)[C@H]([N+](=O)[O-])[C@H]1c1ccccc1. The van der Waals surface area contributed by atoms with Crippen LogP contribution in [0.5, 0.6) is 0 Å². The molecule has 0 bridgehead atoms. The average molecular weight is 455 g/mol. The Morgan fingerprint density at radius 1 is 1.17 bits per heavy atom. The largest absolute Gasteiger partial charge is 0.337 e. The van der Waals surface area contributed by atoms with Gasteiger partial charge >= 0.3 is 0 Å². The number of aromatic nitrogens is 2. The molecule has 0 unspecified atom stereocenters. The molecule has 6 nitrogen and oxygen atoms in total. The van der Waals surface area contributed by atoms with Gasteiger partial charge in [-0.25, -0.2) is 4.98 Å². The highest BCUT2D eigenvalue weighted by atomic mass is 79.9. The first-order valence-corrected chi connectivity index (χ1v) is 10.5. The van der Waals surface area contributed by atoms with Crippen molar-refractivity contribution in [2.24, 2.45) is 7.05 Å². The summed E-state index contributed by atoms with van der Waals surface area (Å²) in [6, 6.07) is 16.7. The second-order valence-electron chi connectivity index (χ2n) is 7.51. The van der Waals surface area contributed by atoms with E-state index in [0.717, 1.165) is 34.3 Å². The molecule has 3 aromatic rings. The lowest BCUT2D eigenvalue weighted by molar-refractivity contribution is -0.540. The van der Waals surface area contributed by atoms with Gasteiger partial charge in [0.05, 0.1) is 17.9 Å². The summed E-state index contributed by atoms with van der Waals surface area (Å²) in [7, 11) is 1.96. The van der Waals surface area contributed by atoms with Crippen LogP contribution in [-0.2, 0) is 13.6 Å². The molecule has 0 N–H and O–H groups in total. The van der Waals surface area contributed by atoms with Gasteiger partial charge in [0.25, 0.3) is 0 Å². The Bertz CT molecular complexity index is 991. The lowest BCUT2D eigenvalue weighted by atomic mass is 9.78. The van der Waals surface area contributed by atoms with E-state index in [-0.39, 0.29) is 16.9 Å². The van der Waals surface area contributed by atoms with Crippen molar-refractivity contribution in [3.8, 4) is 0 Å². The fourth-order valence-electron chi connectivity index (χ4n) is 4.41. The van der Waals surface area contributed by atoms with Crippen LogP contribution in [-0.4, -0.2) is 32.0 Å². The van der Waals surface area contributed by atoms with Crippen molar-refractivity contribution in [3.05, 3.63) is 98.5 Å². The van der Waals surface area contributed by atoms with Crippen LogP contribution in [0.25, 0.3) is 0 Å². The minimum Gasteiger partial charge on any atom is -0.337 e. The highest BCUT2D eigenvalue weighted by Gasteiger charge is 2.47. The number of nitro groups is 1. The van der Waals surface area contributed by atoms with Crippen LogP contribution < -0.4 is 0 Å². The molecule has 0 spiro atoms. The molecular weight excluding hydrogens is 432 g/mol. The first-order chi connectivity index (χ1) is 14.1. The molecule has 4 rings (SSSR count). The third-order valence-electron chi connectivity index (χ3n) is 5.83. The van der Waals surface area contributed by atoms with E-state index in [9.17, 15) is 10.1 Å². The highest BCUT2D eigenvalue weighted by Crippen LogP contribution is 2.43. The van der Waals surface area contributed by atoms with E-state index in [1.165, 1.54) is 0 Å². The van der Waals surface area contributed by atoms with Gasteiger partial charge in [-0.3, -0.25) is 15.0 Å². The fourth-order valence-corrected chi connectivity index (χ4v) is 4.99. The van der Waals surface area contributed by atoms with Crippen molar-refractivity contribution in [1.29, 1.82) is 0 Å². The Morgan fingerprint density at radius 3 is 2.55 bits per heavy atom. The number of nitrogens with zero attached hydrogens (tertiary/aromatic N) is 4. The standard InChI is InChI=1S/C22H23BrN4O2/c1-25-15-24-13-17(25)14-26-12-11-19(18-9-5-6-10-20(18)23)22(27(28)29)21(26)16-7-3-2-4-8-16/h2-10,13,15,19,21-22H,11-12,14H2,1H3/t19-,21+,22-/m0/s1. The Hall–Kier alpha value is -2.51. The number of halogens is 1. The zero-order valence-corrected chi connectivity index (χ0v) is 17.8. The van der Waals surface area contributed by atoms with Gasteiger partial charge in [-0.2, -0.15) is 0 Å². The van der Waals surface area contributed by atoms with Crippen molar-refractivity contribution >= 4 is 15.9 Å². The molecular formula is C22H23BrN4O2. The van der Waals surface area contributed by atoms with Crippen molar-refractivity contribution in [2.75, 3.05) is 6.54 Å². The minimum atomic E-state index is -0.738. The van der Waals surface area contributed by atoms with Crippen LogP contribution in [0.3, 0.4) is 0 Å². The maximum atomic E-state index is 12.4. The number of imidazole rings is 1. The summed E-state index contributed by atoms with van der Waals surface area (Å²) in [4.78, 5) is 18.7. The summed E-state index contributed by atoms with van der Waals surface area (Å²) >= 11 is 3.61. The third-order valence-corrected chi connectivity index (χ3v) is 6.55. The quantitative estimate of drug-likeness (QED) is 0.418. The van der Waals surface area contributed by atoms with Crippen LogP contribution >= 0.6 is 15.9 Å². The number of rotatable bonds is 5. The fraction of sp³-hybridized carbons (Fsp3) is 0.318. The normalized spacial score (nSPS) is 22.5. The van der Waals surface area contributed by atoms with Gasteiger partial charge in [-0.05, 0) is 23.6 Å². The Balaban J connectivity index is 1.77. The molecule has 1 fully saturated rings. The summed E-state index contributed by atoms with van der Waals surface area (Å²) < 4.78 is 2.91. The maximum Gasteiger partial charge on any atom is 0.239 e. The van der Waals surface area contributed by atoms with Crippen LogP contribution in [0.15, 0.2) is 71.6 Å². The predicted octanol–water partition coefficient (Wildman–Crippen LogP) is 4.56. The van der Waals surface area contributed by atoms with Gasteiger partial charge in [-0.1, -0.05) is 64.5 Å². The van der Waals surface area contributed by atoms with Crippen LogP contribution in [0.1, 0.15) is 35.2 Å². The van der Waals surface area contributed by atoms with Gasteiger partial charge in [0.15, 0.2) is 0 Å². The number of hydrogen-bond donors (Lipinski definition) is 0. The van der Waals surface area contributed by atoms with Crippen molar-refractivity contribution < 1.29 is 4.92 Å². The smallest absolute Gasteiger partial charge is 0.239 e. The first-order valence-electron chi connectivity index (χ1n) is 9.68. The van der Waals surface area contributed by atoms with E-state index in [4.69, 9.17) is 0 Å². The number of likely N-dealkylation sites (tertiary alicyclic amines) is 1. The van der Waals surface area contributed by atoms with E-state index >= 15 is 0 Å². The molecule has 2 heterocycles. The van der Waals surface area contributed by atoms with Crippen LogP contribution in [0.4, 0.5) is 0 Å². The second-order valence-corrected chi connectivity index (χ2v) is 8.37. The molecule has 1 aliphatic heterocycles. The van der Waals surface area contributed by atoms with E-state index in [1.54, 1.807) is 6.33 Å². The monoisotopic (exact) mass is 454 g/mol. The molecule has 0 aliphatic carbocycles. The Kier molecular flexibility index (Phi) is 5.78. The van der Waals surface area contributed by atoms with Crippen molar-refractivity contribution in [1.82, 2.24) is 14.5 Å². The first kappa shape index (κ1) is 19.8. The maximum absolute atomic E-state index is 12.4. The van der Waals surface area contributed by atoms with Gasteiger partial charge in [0.1, 0.15) is 6.04 Å². The molecule has 1 aromatic heterocycles. The molecule has 3 atom stereocenters. The predicted molar refractivity (Wildman–Crippen MR) is 115 cm³/mol. The van der Waals surface area contributed by atoms with E-state index in [2.05, 4.69) is 25.8 Å². The Morgan fingerprint density at radius 2 is 1.90 bits per heavy atom. The van der Waals surface area contributed by atoms with E-state index < -0.39 is 6.04 Å². The molecule has 1 aliphatic rings. The molecule has 7 heteroatoms. The summed E-state index contributed by atoms with van der Waals surface area (Å²) in [6.45, 7) is 1.41. The second kappa shape index (κ2) is 8.47. The average Bonchev–Trinajstić information content (AvgIpc) is 3.13. The van der Waals surface area contributed by atoms with Gasteiger partial charge in [-0.15, -0.1) is 0 Å². The summed E-state index contributed by atoms with van der Waals surface area (Å²) in [6.07, 6.45) is 4.34. The minimum absolute atomic E-state index is 0.0861. The molecule has 0 saturated carbocycles. The number of benzene rings is 2. The lowest BCUT2D eigenvalue weighted by Crippen LogP contribution is -2.49. The molecule has 0 amide bonds. The molecule has 2 aromatic carbocycles. The van der Waals surface area contributed by atoms with E-state index in [1.807, 2.05) is 72.4 Å². The Labute approximate surface area is 178 Å². The lowest BCUT2D eigenvalue weighted by Gasteiger charge is -2.41. The van der Waals surface area contributed by atoms with Gasteiger partial charge in [0.2, 0.25) is 6.04 Å². The number of piperidine rings is 1. The summed E-state index contributed by atoms with van der Waals surface area (Å²) in [5.74, 6) is -0.159. The summed E-state index contributed by atoms with van der Waals surface area (Å²) in [5, 5.41) is 12.4. The topological polar surface area (TPSA) is 64.2 Å². The van der Waals surface area contributed by atoms with Gasteiger partial charge < -0.3 is 4.57 Å². The number of hydrogen-bond acceptors (Lipinski definition) is 4. The van der Waals surface area contributed by atoms with Gasteiger partial charge in [0, 0.05) is 35.7 Å². The van der Waals surface area contributed by atoms with Crippen molar-refractivity contribution in [3.63, 3.8) is 0 Å². The summed E-state index contributed by atoms with van der Waals surface area (Å²) in [5.41, 5.74) is 3.04. The molecule has 1 saturated heterocycles. The third kappa shape index (κ3) is 3.97. The van der Waals surface area contributed by atoms with Crippen molar-refractivity contribution in [2.45, 2.75) is 31.0 Å². The molecule has 0 radical (unpaired) electrons. The number of aryl methyl sites for hydroxylation is 1. The molecule has 150 valence electrons.